The van der Waals surface area contributed by atoms with Crippen LogP contribution in [-0.2, 0) is 5.41 Å². The average molecular weight is 224 g/mol. The second kappa shape index (κ2) is 3.86. The molecule has 0 spiro atoms. The van der Waals surface area contributed by atoms with E-state index in [9.17, 15) is 0 Å². The third-order valence-electron chi connectivity index (χ3n) is 2.92. The highest BCUT2D eigenvalue weighted by atomic mass is 15.3. The van der Waals surface area contributed by atoms with Crippen LogP contribution in [-0.4, -0.2) is 14.8 Å². The maximum atomic E-state index is 8.68. The molecule has 0 bridgehead atoms. The van der Waals surface area contributed by atoms with E-state index in [4.69, 9.17) is 1.37 Å². The molecule has 0 saturated heterocycles. The van der Waals surface area contributed by atoms with Crippen LogP contribution in [0.3, 0.4) is 0 Å². The van der Waals surface area contributed by atoms with Crippen LogP contribution in [0, 0.1) is 12.3 Å². The molecule has 1 unspecified atom stereocenters. The van der Waals surface area contributed by atoms with E-state index in [2.05, 4.69) is 51.7 Å². The van der Waals surface area contributed by atoms with Gasteiger partial charge in [0, 0.05) is 11.4 Å². The van der Waals surface area contributed by atoms with Gasteiger partial charge in [0.2, 0.25) is 0 Å². The van der Waals surface area contributed by atoms with Crippen LogP contribution in [0.25, 0.3) is 0 Å². The van der Waals surface area contributed by atoms with Gasteiger partial charge in [0.25, 0.3) is 0 Å². The fraction of sp³-hybridized carbons (Fsp3) is 0.846. The molecule has 3 nitrogen and oxygen atoms in total. The summed E-state index contributed by atoms with van der Waals surface area (Å²) in [6.07, 6.45) is 0. The van der Waals surface area contributed by atoms with Crippen molar-refractivity contribution >= 4 is 0 Å². The molecule has 92 valence electrons. The van der Waals surface area contributed by atoms with Gasteiger partial charge in [-0.3, -0.25) is 0 Å². The predicted molar refractivity (Wildman–Crippen MR) is 67.6 cm³/mol. The lowest BCUT2D eigenvalue weighted by Crippen LogP contribution is -2.28. The number of nitrogens with zero attached hydrogens (tertiary/aromatic N) is 3. The summed E-state index contributed by atoms with van der Waals surface area (Å²) in [6, 6.07) is -0.761. The first-order valence-electron chi connectivity index (χ1n) is 6.32. The summed E-state index contributed by atoms with van der Waals surface area (Å²) in [5, 5.41) is 8.42. The van der Waals surface area contributed by atoms with Crippen molar-refractivity contribution in [3.05, 3.63) is 11.6 Å². The van der Waals surface area contributed by atoms with E-state index in [0.29, 0.717) is 0 Å². The van der Waals surface area contributed by atoms with Gasteiger partial charge < -0.3 is 4.57 Å². The number of rotatable bonds is 1. The highest BCUT2D eigenvalue weighted by molar-refractivity contribution is 5.07. The van der Waals surface area contributed by atoms with Gasteiger partial charge in [-0.05, 0) is 19.3 Å². The third kappa shape index (κ3) is 2.45. The zero-order chi connectivity index (χ0) is 13.6. The first-order chi connectivity index (χ1) is 7.39. The Morgan fingerprint density at radius 1 is 1.12 bits per heavy atom. The Balaban J connectivity index is 3.47. The highest BCUT2D eigenvalue weighted by Crippen LogP contribution is 2.34. The van der Waals surface area contributed by atoms with E-state index >= 15 is 0 Å². The van der Waals surface area contributed by atoms with Crippen molar-refractivity contribution in [3.8, 4) is 0 Å². The molecule has 0 amide bonds. The number of aryl methyl sites for hydroxylation is 1. The lowest BCUT2D eigenvalue weighted by molar-refractivity contribution is 0.246. The molecule has 0 aliphatic heterocycles. The van der Waals surface area contributed by atoms with Gasteiger partial charge in [-0.15, -0.1) is 10.2 Å². The molecule has 1 aromatic heterocycles. The largest absolute Gasteiger partial charge is 0.311 e. The van der Waals surface area contributed by atoms with E-state index in [0.717, 1.165) is 11.6 Å². The summed E-state index contributed by atoms with van der Waals surface area (Å²) in [7, 11) is 0. The number of aromatic nitrogens is 3. The van der Waals surface area contributed by atoms with Crippen LogP contribution in [0.1, 0.15) is 67.5 Å². The van der Waals surface area contributed by atoms with Gasteiger partial charge in [0.1, 0.15) is 11.6 Å². The molecule has 1 heterocycles. The zero-order valence-electron chi connectivity index (χ0n) is 12.8. The van der Waals surface area contributed by atoms with Crippen LogP contribution < -0.4 is 0 Å². The molecule has 0 aliphatic carbocycles. The standard InChI is InChI=1S/C13H25N3/c1-9(12(3,4)5)16-10(2)14-15-11(16)13(6,7)8/h9H,1-8H3/i9D. The third-order valence-corrected chi connectivity index (χ3v) is 2.92. The maximum Gasteiger partial charge on any atom is 0.138 e. The van der Waals surface area contributed by atoms with Crippen LogP contribution in [0.4, 0.5) is 0 Å². The second-order valence-corrected chi connectivity index (χ2v) is 6.49. The molecule has 1 aromatic rings. The van der Waals surface area contributed by atoms with Crippen molar-refractivity contribution in [1.82, 2.24) is 14.8 Å². The Bertz CT molecular complexity index is 405. The molecule has 0 fully saturated rings. The molecule has 0 saturated carbocycles. The van der Waals surface area contributed by atoms with Gasteiger partial charge in [-0.25, -0.2) is 0 Å². The van der Waals surface area contributed by atoms with E-state index in [1.807, 2.05) is 18.4 Å². The Morgan fingerprint density at radius 2 is 1.62 bits per heavy atom. The molecule has 3 heteroatoms. The van der Waals surface area contributed by atoms with E-state index in [1.165, 1.54) is 0 Å². The highest BCUT2D eigenvalue weighted by Gasteiger charge is 2.30. The van der Waals surface area contributed by atoms with Gasteiger partial charge in [0.05, 0.1) is 1.37 Å². The minimum atomic E-state index is -0.761. The van der Waals surface area contributed by atoms with Gasteiger partial charge in [0.15, 0.2) is 0 Å². The van der Waals surface area contributed by atoms with Crippen molar-refractivity contribution in [2.45, 2.75) is 66.8 Å². The minimum Gasteiger partial charge on any atom is -0.311 e. The first-order valence-corrected chi connectivity index (χ1v) is 5.82. The summed E-state index contributed by atoms with van der Waals surface area (Å²) in [6.45, 7) is 16.4. The summed E-state index contributed by atoms with van der Waals surface area (Å²) in [4.78, 5) is 0. The quantitative estimate of drug-likeness (QED) is 0.731. The van der Waals surface area contributed by atoms with E-state index < -0.39 is 6.02 Å². The normalized spacial score (nSPS) is 18.1. The Kier molecular flexibility index (Phi) is 2.81. The molecule has 16 heavy (non-hydrogen) atoms. The fourth-order valence-corrected chi connectivity index (χ4v) is 1.58. The van der Waals surface area contributed by atoms with Crippen LogP contribution >= 0.6 is 0 Å². The summed E-state index contributed by atoms with van der Waals surface area (Å²) >= 11 is 0. The molecule has 1 rings (SSSR count). The van der Waals surface area contributed by atoms with E-state index in [-0.39, 0.29) is 10.8 Å². The molecular formula is C13H25N3. The Labute approximate surface area is 101 Å². The number of hydrogen-bond donors (Lipinski definition) is 0. The molecule has 0 radical (unpaired) electrons. The van der Waals surface area contributed by atoms with Crippen molar-refractivity contribution in [2.75, 3.05) is 0 Å². The van der Waals surface area contributed by atoms with Crippen LogP contribution in [0.2, 0.25) is 0 Å². The lowest BCUT2D eigenvalue weighted by atomic mass is 9.86. The smallest absolute Gasteiger partial charge is 0.138 e. The Morgan fingerprint density at radius 3 is 2.00 bits per heavy atom. The lowest BCUT2D eigenvalue weighted by Gasteiger charge is -2.32. The summed E-state index contributed by atoms with van der Waals surface area (Å²) in [5.74, 6) is 1.68. The van der Waals surface area contributed by atoms with Crippen LogP contribution in [0.5, 0.6) is 0 Å². The zero-order valence-corrected chi connectivity index (χ0v) is 11.8. The first kappa shape index (κ1) is 11.6. The van der Waals surface area contributed by atoms with Gasteiger partial charge in [-0.2, -0.15) is 0 Å². The summed E-state index contributed by atoms with van der Waals surface area (Å²) < 4.78 is 10.6. The van der Waals surface area contributed by atoms with Crippen LogP contribution in [0.15, 0.2) is 0 Å². The molecule has 1 atom stereocenters. The molecule has 0 N–H and O–H groups in total. The monoisotopic (exact) mass is 224 g/mol. The summed E-state index contributed by atoms with van der Waals surface area (Å²) in [5.41, 5.74) is -0.283. The topological polar surface area (TPSA) is 30.7 Å². The Hall–Kier alpha value is -0.860. The van der Waals surface area contributed by atoms with Crippen molar-refractivity contribution < 1.29 is 1.37 Å². The van der Waals surface area contributed by atoms with Crippen molar-refractivity contribution in [2.24, 2.45) is 5.41 Å². The molecule has 0 aromatic carbocycles. The minimum absolute atomic E-state index is 0.102. The van der Waals surface area contributed by atoms with Gasteiger partial charge >= 0.3 is 0 Å². The maximum absolute atomic E-state index is 8.68. The fourth-order valence-electron chi connectivity index (χ4n) is 1.58. The average Bonchev–Trinajstić information content (AvgIpc) is 2.44. The van der Waals surface area contributed by atoms with Crippen molar-refractivity contribution in [3.63, 3.8) is 0 Å². The second-order valence-electron chi connectivity index (χ2n) is 6.49. The SMILES string of the molecule is [2H]C(C)(n1c(C)nnc1C(C)(C)C)C(C)(C)C. The predicted octanol–water partition coefficient (Wildman–Crippen LogP) is 3.49. The van der Waals surface area contributed by atoms with Gasteiger partial charge in [-0.1, -0.05) is 41.5 Å². The molecule has 0 aliphatic rings. The van der Waals surface area contributed by atoms with Crippen molar-refractivity contribution in [1.29, 1.82) is 0 Å². The number of hydrogen-bond acceptors (Lipinski definition) is 2. The van der Waals surface area contributed by atoms with E-state index in [1.54, 1.807) is 0 Å². The molecular weight excluding hydrogens is 198 g/mol.